The standard InChI is InChI=1S/C19H23N5O/c1-14(17-7-8-17)24-18(9-10-21-24)22-19(25)13-23(2)12-16-5-3-15(11-20)4-6-16/h3-6,9-10,14,17H,7-8,12-13H2,1-2H3,(H,22,25). The number of nitrogens with one attached hydrogen (secondary N) is 1. The highest BCUT2D eigenvalue weighted by atomic mass is 16.2. The van der Waals surface area contributed by atoms with Crippen LogP contribution in [0.2, 0.25) is 0 Å². The van der Waals surface area contributed by atoms with Gasteiger partial charge in [-0.1, -0.05) is 12.1 Å². The molecule has 6 nitrogen and oxygen atoms in total. The Morgan fingerprint density at radius 1 is 1.40 bits per heavy atom. The summed E-state index contributed by atoms with van der Waals surface area (Å²) >= 11 is 0. The maximum atomic E-state index is 12.3. The number of nitriles is 1. The van der Waals surface area contributed by atoms with Crippen LogP contribution in [0, 0.1) is 17.2 Å². The Kier molecular flexibility index (Phi) is 5.15. The zero-order chi connectivity index (χ0) is 17.8. The molecular formula is C19H23N5O. The zero-order valence-corrected chi connectivity index (χ0v) is 14.6. The molecule has 1 aromatic carbocycles. The highest BCUT2D eigenvalue weighted by molar-refractivity contribution is 5.91. The average Bonchev–Trinajstić information content (AvgIpc) is 3.34. The lowest BCUT2D eigenvalue weighted by molar-refractivity contribution is -0.117. The summed E-state index contributed by atoms with van der Waals surface area (Å²) in [5, 5.41) is 16.2. The Morgan fingerprint density at radius 3 is 2.76 bits per heavy atom. The smallest absolute Gasteiger partial charge is 0.239 e. The number of rotatable bonds is 7. The number of nitrogens with zero attached hydrogens (tertiary/aromatic N) is 4. The largest absolute Gasteiger partial charge is 0.310 e. The minimum absolute atomic E-state index is 0.0547. The van der Waals surface area contributed by atoms with E-state index in [0.717, 1.165) is 11.4 Å². The second kappa shape index (κ2) is 7.49. The van der Waals surface area contributed by atoms with Crippen molar-refractivity contribution in [2.75, 3.05) is 18.9 Å². The highest BCUT2D eigenvalue weighted by Gasteiger charge is 2.30. The number of likely N-dealkylation sites (N-methyl/N-ethyl adjacent to an activating group) is 1. The van der Waals surface area contributed by atoms with Crippen molar-refractivity contribution in [3.05, 3.63) is 47.7 Å². The van der Waals surface area contributed by atoms with Gasteiger partial charge < -0.3 is 5.32 Å². The van der Waals surface area contributed by atoms with Gasteiger partial charge >= 0.3 is 0 Å². The molecule has 0 bridgehead atoms. The topological polar surface area (TPSA) is 74.0 Å². The van der Waals surface area contributed by atoms with Crippen LogP contribution >= 0.6 is 0 Å². The Balaban J connectivity index is 1.53. The normalized spacial score (nSPS) is 15.0. The van der Waals surface area contributed by atoms with E-state index < -0.39 is 0 Å². The first kappa shape index (κ1) is 17.2. The van der Waals surface area contributed by atoms with Gasteiger partial charge in [0.15, 0.2) is 0 Å². The summed E-state index contributed by atoms with van der Waals surface area (Å²) in [6.45, 7) is 3.09. The fourth-order valence-corrected chi connectivity index (χ4v) is 3.00. The molecule has 1 unspecified atom stereocenters. The average molecular weight is 337 g/mol. The van der Waals surface area contributed by atoms with Crippen LogP contribution in [0.15, 0.2) is 36.5 Å². The lowest BCUT2D eigenvalue weighted by atomic mass is 10.1. The molecule has 130 valence electrons. The minimum atomic E-state index is -0.0547. The van der Waals surface area contributed by atoms with Crippen LogP contribution in [0.4, 0.5) is 5.82 Å². The molecular weight excluding hydrogens is 314 g/mol. The van der Waals surface area contributed by atoms with Gasteiger partial charge in [0.1, 0.15) is 5.82 Å². The lowest BCUT2D eigenvalue weighted by Gasteiger charge is -2.18. The number of hydrogen-bond acceptors (Lipinski definition) is 4. The Bertz CT molecular complexity index is 770. The fraction of sp³-hybridized carbons (Fsp3) is 0.421. The van der Waals surface area contributed by atoms with E-state index in [4.69, 9.17) is 5.26 Å². The van der Waals surface area contributed by atoms with Crippen LogP contribution < -0.4 is 5.32 Å². The van der Waals surface area contributed by atoms with Crippen molar-refractivity contribution in [2.45, 2.75) is 32.4 Å². The third-order valence-corrected chi connectivity index (χ3v) is 4.58. The molecule has 1 aliphatic carbocycles. The molecule has 1 amide bonds. The summed E-state index contributed by atoms with van der Waals surface area (Å²) in [4.78, 5) is 14.3. The number of amides is 1. The van der Waals surface area contributed by atoms with Gasteiger partial charge in [0, 0.05) is 12.6 Å². The van der Waals surface area contributed by atoms with E-state index in [1.807, 2.05) is 34.8 Å². The SMILES string of the molecule is CC(C1CC1)n1nccc1NC(=O)CN(C)Cc1ccc(C#N)cc1. The number of anilines is 1. The summed E-state index contributed by atoms with van der Waals surface area (Å²) < 4.78 is 1.91. The molecule has 1 aliphatic rings. The molecule has 1 heterocycles. The van der Waals surface area contributed by atoms with E-state index in [2.05, 4.69) is 23.4 Å². The van der Waals surface area contributed by atoms with Crippen molar-refractivity contribution >= 4 is 11.7 Å². The van der Waals surface area contributed by atoms with Crippen LogP contribution in [0.5, 0.6) is 0 Å². The predicted molar refractivity (Wildman–Crippen MR) is 95.8 cm³/mol. The minimum Gasteiger partial charge on any atom is -0.310 e. The summed E-state index contributed by atoms with van der Waals surface area (Å²) in [5.74, 6) is 1.38. The van der Waals surface area contributed by atoms with Gasteiger partial charge in [-0.3, -0.25) is 9.69 Å². The van der Waals surface area contributed by atoms with Crippen molar-refractivity contribution in [3.8, 4) is 6.07 Å². The van der Waals surface area contributed by atoms with Crippen molar-refractivity contribution in [2.24, 2.45) is 5.92 Å². The molecule has 0 saturated heterocycles. The number of hydrogen-bond donors (Lipinski definition) is 1. The fourth-order valence-electron chi connectivity index (χ4n) is 3.00. The first-order valence-electron chi connectivity index (χ1n) is 8.58. The van der Waals surface area contributed by atoms with Gasteiger partial charge in [0.25, 0.3) is 0 Å². The molecule has 0 aliphatic heterocycles. The molecule has 2 aromatic rings. The van der Waals surface area contributed by atoms with E-state index in [0.29, 0.717) is 30.6 Å². The van der Waals surface area contributed by atoms with Crippen molar-refractivity contribution < 1.29 is 4.79 Å². The number of benzene rings is 1. The van der Waals surface area contributed by atoms with Gasteiger partial charge in [-0.15, -0.1) is 0 Å². The second-order valence-electron chi connectivity index (χ2n) is 6.77. The summed E-state index contributed by atoms with van der Waals surface area (Å²) in [6.07, 6.45) is 4.21. The molecule has 6 heteroatoms. The Morgan fingerprint density at radius 2 is 2.12 bits per heavy atom. The van der Waals surface area contributed by atoms with Gasteiger partial charge in [0.2, 0.25) is 5.91 Å². The van der Waals surface area contributed by atoms with Crippen LogP contribution in [0.1, 0.15) is 36.9 Å². The van der Waals surface area contributed by atoms with Crippen LogP contribution in [-0.4, -0.2) is 34.2 Å². The first-order chi connectivity index (χ1) is 12.1. The molecule has 1 aromatic heterocycles. The summed E-state index contributed by atoms with van der Waals surface area (Å²) in [6, 6.07) is 11.7. The summed E-state index contributed by atoms with van der Waals surface area (Å²) in [7, 11) is 1.90. The molecule has 3 rings (SSSR count). The maximum Gasteiger partial charge on any atom is 0.239 e. The molecule has 0 radical (unpaired) electrons. The second-order valence-corrected chi connectivity index (χ2v) is 6.77. The Labute approximate surface area is 148 Å². The van der Waals surface area contributed by atoms with Gasteiger partial charge in [-0.05, 0) is 50.4 Å². The first-order valence-corrected chi connectivity index (χ1v) is 8.58. The molecule has 1 saturated carbocycles. The number of carbonyl (C=O) groups is 1. The quantitative estimate of drug-likeness (QED) is 0.843. The zero-order valence-electron chi connectivity index (χ0n) is 14.6. The molecule has 1 atom stereocenters. The molecule has 25 heavy (non-hydrogen) atoms. The van der Waals surface area contributed by atoms with E-state index >= 15 is 0 Å². The van der Waals surface area contributed by atoms with Crippen molar-refractivity contribution in [1.82, 2.24) is 14.7 Å². The molecule has 1 N–H and O–H groups in total. The monoisotopic (exact) mass is 337 g/mol. The van der Waals surface area contributed by atoms with E-state index in [1.54, 1.807) is 18.3 Å². The number of aromatic nitrogens is 2. The lowest BCUT2D eigenvalue weighted by Crippen LogP contribution is -2.30. The van der Waals surface area contributed by atoms with Crippen LogP contribution in [-0.2, 0) is 11.3 Å². The predicted octanol–water partition coefficient (Wildman–Crippen LogP) is 2.80. The van der Waals surface area contributed by atoms with Gasteiger partial charge in [-0.25, -0.2) is 4.68 Å². The van der Waals surface area contributed by atoms with E-state index in [9.17, 15) is 4.79 Å². The van der Waals surface area contributed by atoms with Crippen molar-refractivity contribution in [3.63, 3.8) is 0 Å². The maximum absolute atomic E-state index is 12.3. The molecule has 1 fully saturated rings. The highest BCUT2D eigenvalue weighted by Crippen LogP contribution is 2.40. The van der Waals surface area contributed by atoms with Gasteiger partial charge in [-0.2, -0.15) is 10.4 Å². The van der Waals surface area contributed by atoms with Gasteiger partial charge in [0.05, 0.1) is 30.4 Å². The third-order valence-electron chi connectivity index (χ3n) is 4.58. The van der Waals surface area contributed by atoms with E-state index in [1.165, 1.54) is 12.8 Å². The van der Waals surface area contributed by atoms with Crippen LogP contribution in [0.3, 0.4) is 0 Å². The molecule has 0 spiro atoms. The third kappa shape index (κ3) is 4.46. The summed E-state index contributed by atoms with van der Waals surface area (Å²) in [5.41, 5.74) is 1.71. The Hall–Kier alpha value is -2.65. The van der Waals surface area contributed by atoms with Crippen LogP contribution in [0.25, 0.3) is 0 Å². The van der Waals surface area contributed by atoms with E-state index in [-0.39, 0.29) is 5.91 Å². The number of carbonyl (C=O) groups excluding carboxylic acids is 1. The van der Waals surface area contributed by atoms with Crippen molar-refractivity contribution in [1.29, 1.82) is 5.26 Å².